The molecule has 0 spiro atoms. The number of halogens is 2. The summed E-state index contributed by atoms with van der Waals surface area (Å²) < 4.78 is 82.3. The van der Waals surface area contributed by atoms with Crippen LogP contribution in [0.1, 0.15) is 47.1 Å². The van der Waals surface area contributed by atoms with Crippen molar-refractivity contribution in [3.05, 3.63) is 23.2 Å². The average Bonchev–Trinajstić information content (AvgIpc) is 4.02. The highest BCUT2D eigenvalue weighted by molar-refractivity contribution is 7.54. The summed E-state index contributed by atoms with van der Waals surface area (Å²) in [5.74, 6) is -5.59. The van der Waals surface area contributed by atoms with Crippen molar-refractivity contribution >= 4 is 66.7 Å². The van der Waals surface area contributed by atoms with Gasteiger partial charge in [-0.2, -0.15) is 19.9 Å². The molecule has 7 rings (SSSR count). The number of aliphatic carboxylic acids is 1. The van der Waals surface area contributed by atoms with Crippen LogP contribution in [0.3, 0.4) is 0 Å². The highest BCUT2D eigenvalue weighted by atomic mass is 35.5. The maximum Gasteiger partial charge on any atom is 0.365 e. The van der Waals surface area contributed by atoms with E-state index in [4.69, 9.17) is 85.0 Å². The predicted molar refractivity (Wildman–Crippen MR) is 213 cm³/mol. The van der Waals surface area contributed by atoms with E-state index >= 15 is 0 Å². The van der Waals surface area contributed by atoms with Gasteiger partial charge in [0.15, 0.2) is 46.4 Å². The monoisotopic (exact) mass is 974 g/mol. The Morgan fingerprint density at radius 3 is 1.79 bits per heavy atom. The Morgan fingerprint density at radius 2 is 1.30 bits per heavy atom. The number of aromatic nitrogens is 8. The second kappa shape index (κ2) is 19.7. The van der Waals surface area contributed by atoms with Crippen molar-refractivity contribution in [2.24, 2.45) is 0 Å². The number of hydrogen-bond acceptors (Lipinski definition) is 21. The van der Waals surface area contributed by atoms with Gasteiger partial charge < -0.3 is 72.0 Å². The van der Waals surface area contributed by atoms with E-state index < -0.39 is 94.3 Å². The van der Waals surface area contributed by atoms with Crippen LogP contribution in [0.15, 0.2) is 12.7 Å². The number of hydrogen-bond donors (Lipinski definition) is 5. The van der Waals surface area contributed by atoms with Gasteiger partial charge in [-0.25, -0.2) is 14.8 Å². The first-order chi connectivity index (χ1) is 29.7. The number of rotatable bonds is 17. The summed E-state index contributed by atoms with van der Waals surface area (Å²) in [7, 11) is -5.90. The van der Waals surface area contributed by atoms with Crippen LogP contribution in [0.4, 0.5) is 0 Å². The molecule has 30 heteroatoms. The SMILES string of the molecule is CCOc1nc(Cl)nc2c1ncn2[C@@H]1O[C@H](COC(C(=O)O)P(=O)(O)O)[C@@H](O)[C@H]1O.CCOc1nc(Cl)nc2c1ncn2[C@@H]1O[C@H](CO[C@H](C)P(=O)(OC)OC)[C@H]2OC(C)(C)O[C@H]21. The molecule has 0 aromatic carbocycles. The van der Waals surface area contributed by atoms with E-state index in [1.54, 1.807) is 24.7 Å². The average molecular weight is 976 g/mol. The van der Waals surface area contributed by atoms with Crippen molar-refractivity contribution in [2.45, 2.75) is 101 Å². The molecular weight excluding hydrogens is 929 g/mol. The zero-order chi connectivity index (χ0) is 46.2. The van der Waals surface area contributed by atoms with E-state index in [0.29, 0.717) is 17.8 Å². The van der Waals surface area contributed by atoms with Crippen LogP contribution in [0.25, 0.3) is 22.3 Å². The molecule has 3 saturated heterocycles. The first-order valence-electron chi connectivity index (χ1n) is 19.0. The molecule has 4 aromatic rings. The second-order valence-electron chi connectivity index (χ2n) is 14.2. The normalized spacial score (nSPS) is 26.7. The fourth-order valence-electron chi connectivity index (χ4n) is 6.89. The van der Waals surface area contributed by atoms with Crippen molar-refractivity contribution < 1.29 is 86.0 Å². The number of fused-ring (bicyclic) bond motifs is 3. The standard InChI is InChI=1S/C19H28ClN4O8P.C14H18ClN4O10P/c1-7-28-16-12-15(22-18(20)23-16)24(9-21-12)17-14-13(31-19(3,4)32-14)11(30-17)8-29-10(2)33(25,26-5)27-6;1-2-27-10-6-9(17-14(15)18-10)19(4-16-6)11-8(21)7(20)5(29-11)3-28-13(12(22)23)30(24,25)26/h9-11,13-14,17H,7-8H2,1-6H3;4-5,7-8,11,13,20-21H,2-3H2,1H3,(H,22,23)(H2,24,25,26)/t10-,11+,13+,14+,17+;5-,7-,8-,11-,13?/m01/s1. The first-order valence-corrected chi connectivity index (χ1v) is 23.0. The number of nitrogens with zero attached hydrogens (tertiary/aromatic N) is 8. The second-order valence-corrected chi connectivity index (χ2v) is 19.1. The van der Waals surface area contributed by atoms with Gasteiger partial charge in [-0.05, 0) is 57.8 Å². The largest absolute Gasteiger partial charge is 0.479 e. The van der Waals surface area contributed by atoms with Gasteiger partial charge in [0.2, 0.25) is 22.3 Å². The van der Waals surface area contributed by atoms with Crippen LogP contribution in [0.2, 0.25) is 10.6 Å². The van der Waals surface area contributed by atoms with Gasteiger partial charge in [0.25, 0.3) is 5.85 Å². The van der Waals surface area contributed by atoms with Gasteiger partial charge in [0.1, 0.15) is 36.6 Å². The van der Waals surface area contributed by atoms with Gasteiger partial charge in [0.05, 0.1) is 39.1 Å². The van der Waals surface area contributed by atoms with Crippen LogP contribution >= 0.6 is 38.4 Å². The molecule has 1 unspecified atom stereocenters. The summed E-state index contributed by atoms with van der Waals surface area (Å²) in [6.45, 7) is 8.86. The van der Waals surface area contributed by atoms with Crippen molar-refractivity contribution in [3.63, 3.8) is 0 Å². The summed E-state index contributed by atoms with van der Waals surface area (Å²) in [5.41, 5.74) is 1.25. The number of aliphatic hydroxyl groups is 2. The molecule has 350 valence electrons. The molecule has 7 heterocycles. The third-order valence-corrected chi connectivity index (χ3v) is 13.1. The Kier molecular flexibility index (Phi) is 15.4. The van der Waals surface area contributed by atoms with Crippen molar-refractivity contribution in [2.75, 3.05) is 40.6 Å². The van der Waals surface area contributed by atoms with Crippen LogP contribution in [-0.4, -0.2) is 165 Å². The quantitative estimate of drug-likeness (QED) is 0.0748. The number of ether oxygens (including phenoxy) is 8. The van der Waals surface area contributed by atoms with Crippen LogP contribution in [-0.2, 0) is 51.4 Å². The third-order valence-electron chi connectivity index (χ3n) is 9.69. The zero-order valence-corrected chi connectivity index (χ0v) is 37.8. The lowest BCUT2D eigenvalue weighted by Gasteiger charge is -2.26. The molecule has 0 aliphatic carbocycles. The summed E-state index contributed by atoms with van der Waals surface area (Å²) in [4.78, 5) is 54.0. The van der Waals surface area contributed by atoms with E-state index in [9.17, 15) is 24.1 Å². The Balaban J connectivity index is 0.000000211. The maximum absolute atomic E-state index is 12.6. The van der Waals surface area contributed by atoms with Crippen LogP contribution in [0.5, 0.6) is 11.8 Å². The molecule has 10 atom stereocenters. The molecule has 5 N–H and O–H groups in total. The number of carboxylic acid groups (broad SMARTS) is 1. The van der Waals surface area contributed by atoms with Gasteiger partial charge in [-0.1, -0.05) is 0 Å². The summed E-state index contributed by atoms with van der Waals surface area (Å²) >= 11 is 12.0. The minimum Gasteiger partial charge on any atom is -0.479 e. The lowest BCUT2D eigenvalue weighted by Crippen LogP contribution is -2.36. The lowest BCUT2D eigenvalue weighted by atomic mass is 10.1. The molecule has 4 aromatic heterocycles. The highest BCUT2D eigenvalue weighted by Crippen LogP contribution is 2.52. The molecule has 3 aliphatic heterocycles. The van der Waals surface area contributed by atoms with Gasteiger partial charge in [0, 0.05) is 14.2 Å². The van der Waals surface area contributed by atoms with E-state index in [1.807, 2.05) is 20.8 Å². The molecule has 3 fully saturated rings. The lowest BCUT2D eigenvalue weighted by molar-refractivity contribution is -0.202. The van der Waals surface area contributed by atoms with Crippen molar-refractivity contribution in [1.82, 2.24) is 39.0 Å². The highest BCUT2D eigenvalue weighted by Gasteiger charge is 2.56. The van der Waals surface area contributed by atoms with Crippen molar-refractivity contribution in [1.29, 1.82) is 0 Å². The Morgan fingerprint density at radius 1 is 0.810 bits per heavy atom. The smallest absolute Gasteiger partial charge is 0.365 e. The number of imidazole rings is 2. The van der Waals surface area contributed by atoms with E-state index in [0.717, 1.165) is 0 Å². The fraction of sp³-hybridized carbons (Fsp3) is 0.667. The molecule has 0 amide bonds. The van der Waals surface area contributed by atoms with Crippen LogP contribution in [0, 0.1) is 0 Å². The molecule has 0 saturated carbocycles. The van der Waals surface area contributed by atoms with Crippen molar-refractivity contribution in [3.8, 4) is 11.8 Å². The third kappa shape index (κ3) is 10.4. The van der Waals surface area contributed by atoms with E-state index in [1.165, 1.54) is 25.1 Å². The predicted octanol–water partition coefficient (Wildman–Crippen LogP) is 2.25. The summed E-state index contributed by atoms with van der Waals surface area (Å²) in [5, 5.41) is 29.4. The zero-order valence-electron chi connectivity index (χ0n) is 34.5. The molecule has 26 nitrogen and oxygen atoms in total. The Labute approximate surface area is 367 Å². The molecule has 3 aliphatic rings. The van der Waals surface area contributed by atoms with Gasteiger partial charge in [-0.15, -0.1) is 0 Å². The number of carbonyl (C=O) groups is 1. The molecule has 0 radical (unpaired) electrons. The fourth-order valence-corrected chi connectivity index (χ4v) is 8.78. The maximum atomic E-state index is 12.6. The topological polar surface area (TPSA) is 332 Å². The summed E-state index contributed by atoms with van der Waals surface area (Å²) in [6.07, 6.45) is -4.93. The molecule has 0 bridgehead atoms. The minimum atomic E-state index is -5.12. The van der Waals surface area contributed by atoms with E-state index in [2.05, 4.69) is 29.9 Å². The first kappa shape index (κ1) is 49.2. The Hall–Kier alpha value is -3.27. The summed E-state index contributed by atoms with van der Waals surface area (Å²) in [6, 6.07) is 0. The number of aliphatic hydroxyl groups excluding tert-OH is 2. The van der Waals surface area contributed by atoms with Crippen LogP contribution < -0.4 is 9.47 Å². The molecular formula is C33H46Cl2N8O18P2. The van der Waals surface area contributed by atoms with Gasteiger partial charge >= 0.3 is 21.2 Å². The van der Waals surface area contributed by atoms with Gasteiger partial charge in [-0.3, -0.25) is 18.3 Å². The Bertz CT molecular complexity index is 2350. The minimum absolute atomic E-state index is 0.0229. The molecule has 63 heavy (non-hydrogen) atoms. The number of carboxylic acids is 1. The van der Waals surface area contributed by atoms with E-state index in [-0.39, 0.29) is 46.7 Å².